The minimum Gasteiger partial charge on any atom is -0.371 e. The van der Waals surface area contributed by atoms with Crippen LogP contribution in [0.4, 0.5) is 5.69 Å². The average molecular weight is 389 g/mol. The molecule has 3 N–H and O–H groups in total. The van der Waals surface area contributed by atoms with Gasteiger partial charge in [0.2, 0.25) is 5.91 Å². The summed E-state index contributed by atoms with van der Waals surface area (Å²) in [6, 6.07) is 7.57. The molecule has 0 aromatic heterocycles. The van der Waals surface area contributed by atoms with Gasteiger partial charge < -0.3 is 20.0 Å². The Hall–Kier alpha value is -1.07. The lowest BCUT2D eigenvalue weighted by Gasteiger charge is -2.34. The predicted molar refractivity (Wildman–Crippen MR) is 100 cm³/mol. The fraction of sp³-hybridized carbons (Fsp3) is 0.588. The van der Waals surface area contributed by atoms with Gasteiger partial charge in [-0.3, -0.25) is 9.36 Å². The lowest BCUT2D eigenvalue weighted by Crippen LogP contribution is -2.47. The molecule has 6 nitrogen and oxygen atoms in total. The number of anilines is 1. The predicted octanol–water partition coefficient (Wildman–Crippen LogP) is 3.02. The molecule has 1 saturated heterocycles. The number of carbonyl (C=O) groups is 1. The smallest absolute Gasteiger partial charge is 0.337 e. The maximum atomic E-state index is 12.4. The van der Waals surface area contributed by atoms with Gasteiger partial charge in [0.05, 0.1) is 0 Å². The molecule has 0 bridgehead atoms. The Morgan fingerprint density at radius 1 is 1.28 bits per heavy atom. The van der Waals surface area contributed by atoms with Crippen LogP contribution in [0.5, 0.6) is 0 Å². The van der Waals surface area contributed by atoms with E-state index in [1.807, 2.05) is 38.1 Å². The van der Waals surface area contributed by atoms with Crippen molar-refractivity contribution in [3.8, 4) is 0 Å². The third-order valence-corrected chi connectivity index (χ3v) is 5.95. The van der Waals surface area contributed by atoms with Crippen molar-refractivity contribution >= 4 is 30.8 Å². The summed E-state index contributed by atoms with van der Waals surface area (Å²) in [5.74, 6) is -0.498. The Bertz CT molecular complexity index is 624. The highest BCUT2D eigenvalue weighted by molar-refractivity contribution is 7.53. The second-order valence-corrected chi connectivity index (χ2v) is 9.22. The third kappa shape index (κ3) is 6.00. The summed E-state index contributed by atoms with van der Waals surface area (Å²) in [6.45, 7) is 5.25. The first kappa shape index (κ1) is 20.2. The lowest BCUT2D eigenvalue weighted by molar-refractivity contribution is -0.122. The summed E-state index contributed by atoms with van der Waals surface area (Å²) >= 11 is 5.90. The molecule has 1 aliphatic heterocycles. The normalized spacial score (nSPS) is 17.6. The Labute approximate surface area is 153 Å². The summed E-state index contributed by atoms with van der Waals surface area (Å²) in [4.78, 5) is 33.5. The molecule has 1 unspecified atom stereocenters. The van der Waals surface area contributed by atoms with Crippen LogP contribution in [0.1, 0.15) is 33.1 Å². The number of rotatable bonds is 6. The molecular formula is C17H26ClN2O4P. The molecule has 2 rings (SSSR count). The van der Waals surface area contributed by atoms with Gasteiger partial charge >= 0.3 is 7.60 Å². The van der Waals surface area contributed by atoms with Gasteiger partial charge in [0.1, 0.15) is 5.66 Å². The molecule has 0 aliphatic carbocycles. The monoisotopic (exact) mass is 388 g/mol. The SMILES string of the molecule is CC(C)CC(C(=O)NC1CCN(c2ccc(Cl)cc2)CC1)P(=O)(O)O. The van der Waals surface area contributed by atoms with Gasteiger partial charge in [-0.15, -0.1) is 0 Å². The Kier molecular flexibility index (Phi) is 6.92. The molecule has 0 spiro atoms. The second kappa shape index (κ2) is 8.54. The molecule has 0 saturated carbocycles. The van der Waals surface area contributed by atoms with Crippen molar-refractivity contribution in [3.63, 3.8) is 0 Å². The van der Waals surface area contributed by atoms with Crippen molar-refractivity contribution in [3.05, 3.63) is 29.3 Å². The number of hydrogen-bond donors (Lipinski definition) is 3. The molecule has 25 heavy (non-hydrogen) atoms. The molecule has 0 radical (unpaired) electrons. The van der Waals surface area contributed by atoms with Crippen LogP contribution >= 0.6 is 19.2 Å². The zero-order valence-corrected chi connectivity index (χ0v) is 16.2. The Morgan fingerprint density at radius 2 is 1.84 bits per heavy atom. The largest absolute Gasteiger partial charge is 0.371 e. The Morgan fingerprint density at radius 3 is 2.32 bits per heavy atom. The number of amides is 1. The van der Waals surface area contributed by atoms with Crippen molar-refractivity contribution in [2.45, 2.75) is 44.8 Å². The number of nitrogens with one attached hydrogen (secondary N) is 1. The fourth-order valence-corrected chi connectivity index (χ4v) is 4.28. The molecule has 1 atom stereocenters. The van der Waals surface area contributed by atoms with E-state index in [1.54, 1.807) is 0 Å². The standard InChI is InChI=1S/C17H26ClN2O4P/c1-12(2)11-16(25(22,23)24)17(21)19-14-7-9-20(10-8-14)15-5-3-13(18)4-6-15/h3-6,12,14,16H,7-11H2,1-2H3,(H,19,21)(H2,22,23,24). The third-order valence-electron chi connectivity index (χ3n) is 4.44. The number of nitrogens with zero attached hydrogens (tertiary/aromatic N) is 1. The minimum absolute atomic E-state index is 0.0372. The fourth-order valence-electron chi connectivity index (χ4n) is 3.07. The lowest BCUT2D eigenvalue weighted by atomic mass is 10.0. The number of halogens is 1. The molecule has 1 aromatic carbocycles. The molecule has 8 heteroatoms. The van der Waals surface area contributed by atoms with Crippen LogP contribution in [0.25, 0.3) is 0 Å². The zero-order chi connectivity index (χ0) is 18.6. The maximum absolute atomic E-state index is 12.4. The first-order chi connectivity index (χ1) is 11.7. The van der Waals surface area contributed by atoms with Crippen LogP contribution < -0.4 is 10.2 Å². The van der Waals surface area contributed by atoms with E-state index in [-0.39, 0.29) is 18.4 Å². The highest BCUT2D eigenvalue weighted by atomic mass is 35.5. The van der Waals surface area contributed by atoms with Crippen LogP contribution in [-0.4, -0.2) is 40.5 Å². The van der Waals surface area contributed by atoms with Crippen LogP contribution in [0.15, 0.2) is 24.3 Å². The van der Waals surface area contributed by atoms with E-state index in [0.717, 1.165) is 31.6 Å². The number of hydrogen-bond acceptors (Lipinski definition) is 3. The summed E-state index contributed by atoms with van der Waals surface area (Å²) < 4.78 is 11.6. The zero-order valence-electron chi connectivity index (χ0n) is 14.6. The number of carbonyl (C=O) groups excluding carboxylic acids is 1. The van der Waals surface area contributed by atoms with Crippen LogP contribution in [0.3, 0.4) is 0 Å². The van der Waals surface area contributed by atoms with Crippen molar-refractivity contribution in [1.82, 2.24) is 5.32 Å². The topological polar surface area (TPSA) is 89.9 Å². The highest BCUT2D eigenvalue weighted by Gasteiger charge is 2.37. The van der Waals surface area contributed by atoms with Crippen molar-refractivity contribution in [1.29, 1.82) is 0 Å². The molecule has 1 fully saturated rings. The minimum atomic E-state index is -4.45. The summed E-state index contributed by atoms with van der Waals surface area (Å²) in [5.41, 5.74) is -0.177. The van der Waals surface area contributed by atoms with E-state index in [0.29, 0.717) is 5.02 Å². The van der Waals surface area contributed by atoms with Gasteiger partial charge in [0.25, 0.3) is 0 Å². The highest BCUT2D eigenvalue weighted by Crippen LogP contribution is 2.44. The van der Waals surface area contributed by atoms with Gasteiger partial charge in [-0.2, -0.15) is 0 Å². The quantitative estimate of drug-likeness (QED) is 0.652. The van der Waals surface area contributed by atoms with Crippen molar-refractivity contribution in [2.24, 2.45) is 5.92 Å². The molecule has 1 heterocycles. The van der Waals surface area contributed by atoms with Crippen molar-refractivity contribution in [2.75, 3.05) is 18.0 Å². The molecular weight excluding hydrogens is 363 g/mol. The molecule has 1 aromatic rings. The van der Waals surface area contributed by atoms with Gasteiger partial charge in [-0.25, -0.2) is 0 Å². The summed E-state index contributed by atoms with van der Waals surface area (Å²) in [5, 5.41) is 3.53. The first-order valence-electron chi connectivity index (χ1n) is 8.53. The Balaban J connectivity index is 1.91. The van der Waals surface area contributed by atoms with Crippen LogP contribution in [-0.2, 0) is 9.36 Å². The van der Waals surface area contributed by atoms with Gasteiger partial charge in [0, 0.05) is 29.8 Å². The van der Waals surface area contributed by atoms with E-state index in [9.17, 15) is 19.1 Å². The van der Waals surface area contributed by atoms with Crippen LogP contribution in [0, 0.1) is 5.92 Å². The molecule has 1 aliphatic rings. The van der Waals surface area contributed by atoms with E-state index >= 15 is 0 Å². The van der Waals surface area contributed by atoms with Crippen molar-refractivity contribution < 1.29 is 19.1 Å². The first-order valence-corrected chi connectivity index (χ1v) is 10.6. The van der Waals surface area contributed by atoms with E-state index in [1.165, 1.54) is 0 Å². The van der Waals surface area contributed by atoms with Gasteiger partial charge in [-0.1, -0.05) is 25.4 Å². The number of benzene rings is 1. The van der Waals surface area contributed by atoms with Gasteiger partial charge in [-0.05, 0) is 49.4 Å². The molecule has 140 valence electrons. The average Bonchev–Trinajstić information content (AvgIpc) is 2.53. The van der Waals surface area contributed by atoms with E-state index in [2.05, 4.69) is 10.2 Å². The van der Waals surface area contributed by atoms with E-state index in [4.69, 9.17) is 11.6 Å². The van der Waals surface area contributed by atoms with Gasteiger partial charge in [0.15, 0.2) is 0 Å². The number of piperidine rings is 1. The summed E-state index contributed by atoms with van der Waals surface area (Å²) in [7, 11) is -4.45. The second-order valence-electron chi connectivity index (χ2n) is 6.98. The summed E-state index contributed by atoms with van der Waals surface area (Å²) in [6.07, 6.45) is 1.66. The van der Waals surface area contributed by atoms with E-state index < -0.39 is 19.2 Å². The maximum Gasteiger partial charge on any atom is 0.337 e. The van der Waals surface area contributed by atoms with Crippen LogP contribution in [0.2, 0.25) is 5.02 Å². The molecule has 1 amide bonds.